The molecule has 0 heterocycles. The summed E-state index contributed by atoms with van der Waals surface area (Å²) in [7, 11) is 0. The number of hydrogen-bond acceptors (Lipinski definition) is 2. The number of amides is 2. The fourth-order valence-corrected chi connectivity index (χ4v) is 3.56. The second-order valence-corrected chi connectivity index (χ2v) is 7.72. The molecule has 1 saturated carbocycles. The highest BCUT2D eigenvalue weighted by atomic mass is 16.2. The van der Waals surface area contributed by atoms with Crippen LogP contribution in [-0.2, 0) is 9.59 Å². The molecule has 0 unspecified atom stereocenters. The van der Waals surface area contributed by atoms with Gasteiger partial charge in [0.05, 0.1) is 6.54 Å². The highest BCUT2D eigenvalue weighted by molar-refractivity contribution is 5.96. The normalized spacial score (nSPS) is 15.4. The van der Waals surface area contributed by atoms with Crippen LogP contribution in [-0.4, -0.2) is 18.4 Å². The van der Waals surface area contributed by atoms with E-state index < -0.39 is 0 Å². The van der Waals surface area contributed by atoms with Crippen molar-refractivity contribution in [1.82, 2.24) is 5.32 Å². The maximum atomic E-state index is 12.4. The number of anilines is 1. The third kappa shape index (κ3) is 5.32. The molecule has 0 bridgehead atoms. The minimum absolute atomic E-state index is 0.0241. The van der Waals surface area contributed by atoms with Crippen LogP contribution in [0.15, 0.2) is 18.2 Å². The van der Waals surface area contributed by atoms with E-state index in [0.29, 0.717) is 11.8 Å². The van der Waals surface area contributed by atoms with Gasteiger partial charge in [0.2, 0.25) is 11.8 Å². The van der Waals surface area contributed by atoms with Crippen molar-refractivity contribution in [2.45, 2.75) is 71.6 Å². The number of hydrogen-bond donors (Lipinski definition) is 2. The summed E-state index contributed by atoms with van der Waals surface area (Å²) in [5.74, 6) is 0.600. The Balaban J connectivity index is 2.01. The van der Waals surface area contributed by atoms with Gasteiger partial charge >= 0.3 is 0 Å². The number of para-hydroxylation sites is 1. The summed E-state index contributed by atoms with van der Waals surface area (Å²) >= 11 is 0. The Morgan fingerprint density at radius 2 is 1.56 bits per heavy atom. The standard InChI is InChI=1S/C21H32N2O2/c1-14(2)17-11-8-12-18(15(3)4)20(17)23-19(24)13-22-21(25)16-9-6-5-7-10-16/h8,11-12,14-16H,5-7,9-10,13H2,1-4H3,(H,22,25)(H,23,24). The number of rotatable bonds is 6. The molecular weight excluding hydrogens is 312 g/mol. The first-order chi connectivity index (χ1) is 11.9. The van der Waals surface area contributed by atoms with E-state index in [1.54, 1.807) is 0 Å². The van der Waals surface area contributed by atoms with Crippen LogP contribution in [0.1, 0.15) is 82.8 Å². The Morgan fingerprint density at radius 1 is 1.00 bits per heavy atom. The fourth-order valence-electron chi connectivity index (χ4n) is 3.56. The zero-order chi connectivity index (χ0) is 18.4. The van der Waals surface area contributed by atoms with Gasteiger partial charge in [-0.3, -0.25) is 9.59 Å². The molecule has 0 radical (unpaired) electrons. The number of carbonyl (C=O) groups is 2. The first kappa shape index (κ1) is 19.5. The average Bonchev–Trinajstić information content (AvgIpc) is 2.60. The maximum absolute atomic E-state index is 12.4. The maximum Gasteiger partial charge on any atom is 0.243 e. The zero-order valence-electron chi connectivity index (χ0n) is 16.0. The minimum atomic E-state index is -0.154. The van der Waals surface area contributed by atoms with Gasteiger partial charge in [-0.15, -0.1) is 0 Å². The van der Waals surface area contributed by atoms with E-state index in [9.17, 15) is 9.59 Å². The molecule has 0 aromatic heterocycles. The average molecular weight is 344 g/mol. The number of benzene rings is 1. The van der Waals surface area contributed by atoms with Crippen molar-refractivity contribution < 1.29 is 9.59 Å². The smallest absolute Gasteiger partial charge is 0.243 e. The first-order valence-electron chi connectivity index (χ1n) is 9.60. The Hall–Kier alpha value is -1.84. The highest BCUT2D eigenvalue weighted by Crippen LogP contribution is 2.32. The molecule has 1 aromatic rings. The van der Waals surface area contributed by atoms with Crippen LogP contribution in [0.3, 0.4) is 0 Å². The fraction of sp³-hybridized carbons (Fsp3) is 0.619. The second-order valence-electron chi connectivity index (χ2n) is 7.72. The van der Waals surface area contributed by atoms with Crippen molar-refractivity contribution in [3.63, 3.8) is 0 Å². The van der Waals surface area contributed by atoms with Crippen molar-refractivity contribution >= 4 is 17.5 Å². The van der Waals surface area contributed by atoms with E-state index in [4.69, 9.17) is 0 Å². The van der Waals surface area contributed by atoms with E-state index in [-0.39, 0.29) is 24.3 Å². The summed E-state index contributed by atoms with van der Waals surface area (Å²) in [6, 6.07) is 6.17. The molecule has 4 nitrogen and oxygen atoms in total. The summed E-state index contributed by atoms with van der Waals surface area (Å²) in [5, 5.41) is 5.87. The Bertz CT molecular complexity index is 576. The lowest BCUT2D eigenvalue weighted by Gasteiger charge is -2.22. The molecule has 25 heavy (non-hydrogen) atoms. The van der Waals surface area contributed by atoms with Crippen molar-refractivity contribution in [2.75, 3.05) is 11.9 Å². The highest BCUT2D eigenvalue weighted by Gasteiger charge is 2.22. The van der Waals surface area contributed by atoms with E-state index in [0.717, 1.165) is 42.5 Å². The Kier molecular flexibility index (Phi) is 7.03. The van der Waals surface area contributed by atoms with Gasteiger partial charge in [-0.2, -0.15) is 0 Å². The first-order valence-corrected chi connectivity index (χ1v) is 9.60. The molecule has 0 atom stereocenters. The molecule has 1 aromatic carbocycles. The minimum Gasteiger partial charge on any atom is -0.347 e. The Morgan fingerprint density at radius 3 is 2.08 bits per heavy atom. The SMILES string of the molecule is CC(C)c1cccc(C(C)C)c1NC(=O)CNC(=O)C1CCCCC1. The predicted octanol–water partition coefficient (Wildman–Crippen LogP) is 4.57. The molecule has 1 aliphatic rings. The summed E-state index contributed by atoms with van der Waals surface area (Å²) in [5.41, 5.74) is 3.18. The molecule has 2 rings (SSSR count). The van der Waals surface area contributed by atoms with E-state index >= 15 is 0 Å². The lowest BCUT2D eigenvalue weighted by molar-refractivity contribution is -0.128. The third-order valence-corrected chi connectivity index (χ3v) is 5.04. The van der Waals surface area contributed by atoms with Crippen LogP contribution in [0.2, 0.25) is 0 Å². The van der Waals surface area contributed by atoms with Crippen LogP contribution < -0.4 is 10.6 Å². The summed E-state index contributed by atoms with van der Waals surface area (Å²) < 4.78 is 0. The summed E-state index contributed by atoms with van der Waals surface area (Å²) in [4.78, 5) is 24.6. The van der Waals surface area contributed by atoms with Gasteiger partial charge in [-0.25, -0.2) is 0 Å². The molecule has 0 saturated heterocycles. The van der Waals surface area contributed by atoms with Crippen molar-refractivity contribution in [2.24, 2.45) is 5.92 Å². The van der Waals surface area contributed by atoms with Crippen LogP contribution >= 0.6 is 0 Å². The van der Waals surface area contributed by atoms with E-state index in [2.05, 4.69) is 50.5 Å². The van der Waals surface area contributed by atoms with Crippen LogP contribution in [0.4, 0.5) is 5.69 Å². The molecule has 0 aliphatic heterocycles. The van der Waals surface area contributed by atoms with E-state index in [1.165, 1.54) is 6.42 Å². The molecule has 4 heteroatoms. The molecule has 2 N–H and O–H groups in total. The molecule has 138 valence electrons. The van der Waals surface area contributed by atoms with Crippen LogP contribution in [0, 0.1) is 5.92 Å². The van der Waals surface area contributed by atoms with Gasteiger partial charge in [0.15, 0.2) is 0 Å². The van der Waals surface area contributed by atoms with Crippen LogP contribution in [0.5, 0.6) is 0 Å². The van der Waals surface area contributed by atoms with Gasteiger partial charge in [-0.1, -0.05) is 65.2 Å². The molecule has 0 spiro atoms. The molecule has 1 fully saturated rings. The number of nitrogens with one attached hydrogen (secondary N) is 2. The lowest BCUT2D eigenvalue weighted by Crippen LogP contribution is -2.37. The zero-order valence-corrected chi connectivity index (χ0v) is 16.0. The largest absolute Gasteiger partial charge is 0.347 e. The summed E-state index contributed by atoms with van der Waals surface area (Å²) in [6.07, 6.45) is 5.34. The predicted molar refractivity (Wildman–Crippen MR) is 103 cm³/mol. The van der Waals surface area contributed by atoms with Gasteiger partial charge in [-0.05, 0) is 35.8 Å². The lowest BCUT2D eigenvalue weighted by atomic mass is 9.89. The second kappa shape index (κ2) is 9.02. The monoisotopic (exact) mass is 344 g/mol. The van der Waals surface area contributed by atoms with Crippen molar-refractivity contribution in [3.8, 4) is 0 Å². The van der Waals surface area contributed by atoms with Crippen molar-refractivity contribution in [1.29, 1.82) is 0 Å². The van der Waals surface area contributed by atoms with E-state index in [1.807, 2.05) is 6.07 Å². The molecular formula is C21H32N2O2. The molecule has 2 amide bonds. The Labute approximate surface area is 151 Å². The number of carbonyl (C=O) groups excluding carboxylic acids is 2. The molecule has 1 aliphatic carbocycles. The topological polar surface area (TPSA) is 58.2 Å². The van der Waals surface area contributed by atoms with Crippen LogP contribution in [0.25, 0.3) is 0 Å². The van der Waals surface area contributed by atoms with Gasteiger partial charge < -0.3 is 10.6 Å². The van der Waals surface area contributed by atoms with Crippen molar-refractivity contribution in [3.05, 3.63) is 29.3 Å². The quantitative estimate of drug-likeness (QED) is 0.794. The van der Waals surface area contributed by atoms with Gasteiger partial charge in [0, 0.05) is 11.6 Å². The van der Waals surface area contributed by atoms with Gasteiger partial charge in [0.1, 0.15) is 0 Å². The summed E-state index contributed by atoms with van der Waals surface area (Å²) in [6.45, 7) is 8.54. The van der Waals surface area contributed by atoms with Gasteiger partial charge in [0.25, 0.3) is 0 Å². The third-order valence-electron chi connectivity index (χ3n) is 5.04.